The molecule has 1 aromatic carbocycles. The summed E-state index contributed by atoms with van der Waals surface area (Å²) in [4.78, 5) is 0. The van der Waals surface area contributed by atoms with E-state index in [1.807, 2.05) is 6.07 Å². The van der Waals surface area contributed by atoms with Gasteiger partial charge in [-0.25, -0.2) is 0 Å². The predicted molar refractivity (Wildman–Crippen MR) is 58.0 cm³/mol. The van der Waals surface area contributed by atoms with E-state index in [1.54, 1.807) is 0 Å². The first-order chi connectivity index (χ1) is 6.38. The summed E-state index contributed by atoms with van der Waals surface area (Å²) in [7, 11) is 0. The molecule has 13 heavy (non-hydrogen) atoms. The molecule has 0 N–H and O–H groups in total. The molecule has 0 unspecified atom stereocenters. The van der Waals surface area contributed by atoms with Crippen molar-refractivity contribution in [2.24, 2.45) is 0 Å². The van der Waals surface area contributed by atoms with Gasteiger partial charge in [0.25, 0.3) is 0 Å². The SMILES string of the molecule is Cc1ccccc1-c1bcccc1. The molecule has 2 aromatic rings. The van der Waals surface area contributed by atoms with E-state index in [0.29, 0.717) is 0 Å². The molecule has 1 aromatic heterocycles. The van der Waals surface area contributed by atoms with E-state index in [4.69, 9.17) is 0 Å². The molecule has 0 saturated heterocycles. The molecule has 0 aliphatic heterocycles. The summed E-state index contributed by atoms with van der Waals surface area (Å²) in [6, 6.07) is 14.7. The quantitative estimate of drug-likeness (QED) is 0.610. The first-order valence-corrected chi connectivity index (χ1v) is 4.49. The molecular formula is C12H11B. The van der Waals surface area contributed by atoms with Crippen molar-refractivity contribution in [2.45, 2.75) is 6.92 Å². The molecular weight excluding hydrogens is 155 g/mol. The van der Waals surface area contributed by atoms with E-state index in [1.165, 1.54) is 16.6 Å². The van der Waals surface area contributed by atoms with Gasteiger partial charge in [-0.1, -0.05) is 0 Å². The second-order valence-electron chi connectivity index (χ2n) is 3.18. The van der Waals surface area contributed by atoms with Gasteiger partial charge in [-0.05, 0) is 0 Å². The van der Waals surface area contributed by atoms with E-state index in [0.717, 1.165) is 0 Å². The molecule has 0 aliphatic carbocycles. The third-order valence-corrected chi connectivity index (χ3v) is 2.23. The third kappa shape index (κ3) is 1.69. The van der Waals surface area contributed by atoms with Crippen molar-refractivity contribution in [1.29, 1.82) is 0 Å². The summed E-state index contributed by atoms with van der Waals surface area (Å²) in [5, 5.41) is 0. The minimum absolute atomic E-state index is 1.29. The van der Waals surface area contributed by atoms with Crippen LogP contribution in [0.1, 0.15) is 5.56 Å². The third-order valence-electron chi connectivity index (χ3n) is 2.23. The summed E-state index contributed by atoms with van der Waals surface area (Å²) in [5.74, 6) is 2.07. The summed E-state index contributed by atoms with van der Waals surface area (Å²) < 4.78 is 0. The van der Waals surface area contributed by atoms with Crippen LogP contribution in [0.25, 0.3) is 11.0 Å². The summed E-state index contributed by atoms with van der Waals surface area (Å²) in [5.41, 5.74) is 3.94. The molecule has 0 bridgehead atoms. The average molecular weight is 166 g/mol. The molecule has 0 aliphatic rings. The molecule has 0 fully saturated rings. The van der Waals surface area contributed by atoms with Crippen LogP contribution >= 0.6 is 0 Å². The van der Waals surface area contributed by atoms with E-state index >= 15 is 0 Å². The maximum atomic E-state index is 2.16. The first-order valence-electron chi connectivity index (χ1n) is 4.49. The standard InChI is InChI=1S/C12H11B/c1-10-6-2-3-7-11(10)12-8-4-5-9-13-12/h2-9H,1H3. The van der Waals surface area contributed by atoms with Gasteiger partial charge in [0.15, 0.2) is 0 Å². The Morgan fingerprint density at radius 2 is 1.69 bits per heavy atom. The number of rotatable bonds is 1. The Morgan fingerprint density at radius 3 is 2.38 bits per heavy atom. The summed E-state index contributed by atoms with van der Waals surface area (Å²) in [6.45, 7) is 4.28. The van der Waals surface area contributed by atoms with Gasteiger partial charge in [0.05, 0.1) is 0 Å². The van der Waals surface area contributed by atoms with Crippen molar-refractivity contribution in [3.8, 4) is 11.0 Å². The Bertz CT molecular complexity index is 393. The van der Waals surface area contributed by atoms with Crippen LogP contribution < -0.4 is 0 Å². The average Bonchev–Trinajstić information content (AvgIpc) is 2.20. The van der Waals surface area contributed by atoms with Gasteiger partial charge in [0, 0.05) is 0 Å². The number of aryl methyl sites for hydroxylation is 1. The molecule has 1 heteroatoms. The van der Waals surface area contributed by atoms with Gasteiger partial charge in [-0.2, -0.15) is 0 Å². The monoisotopic (exact) mass is 166 g/mol. The second-order valence-corrected chi connectivity index (χ2v) is 3.18. The van der Waals surface area contributed by atoms with Crippen molar-refractivity contribution in [3.05, 3.63) is 54.0 Å². The van der Waals surface area contributed by atoms with E-state index in [-0.39, 0.29) is 0 Å². The van der Waals surface area contributed by atoms with Crippen LogP contribution in [0.15, 0.2) is 48.4 Å². The Labute approximate surface area is 79.5 Å². The molecule has 0 spiro atoms. The molecule has 1 heterocycles. The number of benzene rings is 1. The van der Waals surface area contributed by atoms with Crippen molar-refractivity contribution < 1.29 is 0 Å². The Balaban J connectivity index is 2.54. The first kappa shape index (κ1) is 8.24. The Hall–Kier alpha value is -1.37. The molecule has 0 saturated carbocycles. The van der Waals surface area contributed by atoms with Gasteiger partial charge in [-0.15, -0.1) is 0 Å². The minimum atomic E-state index is 1.29. The van der Waals surface area contributed by atoms with E-state index in [9.17, 15) is 0 Å². The molecule has 2 rings (SSSR count). The van der Waals surface area contributed by atoms with Crippen LogP contribution in [0.2, 0.25) is 0 Å². The topological polar surface area (TPSA) is 0 Å². The van der Waals surface area contributed by atoms with Crippen LogP contribution in [0.3, 0.4) is 0 Å². The number of hydrogen-bond acceptors (Lipinski definition) is 0. The Kier molecular flexibility index (Phi) is 2.26. The van der Waals surface area contributed by atoms with E-state index in [2.05, 4.69) is 56.2 Å². The molecule has 62 valence electrons. The fraction of sp³-hybridized carbons (Fsp3) is 0.0833. The van der Waals surface area contributed by atoms with Crippen LogP contribution in [-0.2, 0) is 0 Å². The van der Waals surface area contributed by atoms with Gasteiger partial charge in [0.1, 0.15) is 0 Å². The zero-order valence-corrected chi connectivity index (χ0v) is 7.70. The zero-order chi connectivity index (χ0) is 9.10. The van der Waals surface area contributed by atoms with Gasteiger partial charge < -0.3 is 0 Å². The van der Waals surface area contributed by atoms with Crippen molar-refractivity contribution in [1.82, 2.24) is 0 Å². The second kappa shape index (κ2) is 3.57. The fourth-order valence-electron chi connectivity index (χ4n) is 1.51. The number of hydrogen-bond donors (Lipinski definition) is 0. The normalized spacial score (nSPS) is 9.62. The van der Waals surface area contributed by atoms with Crippen molar-refractivity contribution in [3.63, 3.8) is 0 Å². The summed E-state index contributed by atoms with van der Waals surface area (Å²) in [6.07, 6.45) is 0. The summed E-state index contributed by atoms with van der Waals surface area (Å²) >= 11 is 0. The van der Waals surface area contributed by atoms with Gasteiger partial charge >= 0.3 is 78.8 Å². The molecule has 0 amide bonds. The molecule has 0 atom stereocenters. The zero-order valence-electron chi connectivity index (χ0n) is 7.70. The Morgan fingerprint density at radius 1 is 0.923 bits per heavy atom. The van der Waals surface area contributed by atoms with Crippen LogP contribution in [0.4, 0.5) is 0 Å². The molecule has 0 nitrogen and oxygen atoms in total. The fourth-order valence-corrected chi connectivity index (χ4v) is 1.51. The van der Waals surface area contributed by atoms with Crippen molar-refractivity contribution in [2.75, 3.05) is 0 Å². The predicted octanol–water partition coefficient (Wildman–Crippen LogP) is 3.00. The maximum absolute atomic E-state index is 2.16. The molecule has 0 radical (unpaired) electrons. The van der Waals surface area contributed by atoms with Crippen LogP contribution in [0.5, 0.6) is 0 Å². The van der Waals surface area contributed by atoms with Crippen molar-refractivity contribution >= 4 is 6.91 Å². The van der Waals surface area contributed by atoms with Gasteiger partial charge in [0.2, 0.25) is 0 Å². The van der Waals surface area contributed by atoms with Crippen LogP contribution in [0, 0.1) is 6.92 Å². The van der Waals surface area contributed by atoms with Crippen LogP contribution in [-0.4, -0.2) is 6.91 Å². The van der Waals surface area contributed by atoms with E-state index < -0.39 is 0 Å². The van der Waals surface area contributed by atoms with Gasteiger partial charge in [-0.3, -0.25) is 0 Å².